The van der Waals surface area contributed by atoms with Crippen LogP contribution in [0.5, 0.6) is 0 Å². The van der Waals surface area contributed by atoms with Crippen LogP contribution in [0.4, 0.5) is 0 Å². The molecule has 5 heteroatoms. The van der Waals surface area contributed by atoms with Crippen LogP contribution in [0.1, 0.15) is 18.9 Å². The number of nitrogens with zero attached hydrogens (tertiary/aromatic N) is 2. The van der Waals surface area contributed by atoms with Crippen LogP contribution in [0.3, 0.4) is 0 Å². The van der Waals surface area contributed by atoms with Crippen LogP contribution < -0.4 is 0 Å². The van der Waals surface area contributed by atoms with Crippen LogP contribution in [-0.2, 0) is 6.54 Å². The van der Waals surface area contributed by atoms with Gasteiger partial charge in [-0.05, 0) is 6.42 Å². The highest BCUT2D eigenvalue weighted by molar-refractivity contribution is 6.48. The Balaban J connectivity index is 2.58. The normalized spacial score (nSPS) is 11.0. The zero-order chi connectivity index (χ0) is 9.68. The molecule has 1 aromatic heterocycles. The summed E-state index contributed by atoms with van der Waals surface area (Å²) in [5.41, 5.74) is 0.876. The molecule has 1 rings (SSSR count). The van der Waals surface area contributed by atoms with Crippen LogP contribution >= 0.6 is 0 Å². The molecule has 2 N–H and O–H groups in total. The number of aromatic nitrogens is 2. The van der Waals surface area contributed by atoms with Crippen molar-refractivity contribution in [1.29, 1.82) is 0 Å². The molecule has 4 nitrogen and oxygen atoms in total. The van der Waals surface area contributed by atoms with Gasteiger partial charge in [0.15, 0.2) is 0 Å². The molecule has 0 saturated carbocycles. The third kappa shape index (κ3) is 3.44. The van der Waals surface area contributed by atoms with Crippen molar-refractivity contribution in [3.05, 3.63) is 23.9 Å². The zero-order valence-electron chi connectivity index (χ0n) is 7.59. The summed E-state index contributed by atoms with van der Waals surface area (Å²) in [5, 5.41) is 21.2. The predicted octanol–water partition coefficient (Wildman–Crippen LogP) is 0.318. The van der Waals surface area contributed by atoms with E-state index in [1.807, 2.05) is 10.9 Å². The summed E-state index contributed by atoms with van der Waals surface area (Å²) in [5.74, 6) is 1.30. The molecule has 0 fully saturated rings. The molecule has 0 aliphatic heterocycles. The van der Waals surface area contributed by atoms with Crippen LogP contribution in [0, 0.1) is 0 Å². The summed E-state index contributed by atoms with van der Waals surface area (Å²) in [6.45, 7) is 2.96. The first-order chi connectivity index (χ1) is 6.22. The number of hydrogen-bond acceptors (Lipinski definition) is 3. The van der Waals surface area contributed by atoms with Crippen molar-refractivity contribution < 1.29 is 10.0 Å². The highest BCUT2D eigenvalue weighted by Gasteiger charge is 1.99. The minimum absolute atomic E-state index is 0.876. The van der Waals surface area contributed by atoms with Gasteiger partial charge in [-0.3, -0.25) is 4.68 Å². The van der Waals surface area contributed by atoms with E-state index in [-0.39, 0.29) is 0 Å². The Morgan fingerprint density at radius 2 is 2.38 bits per heavy atom. The minimum Gasteiger partial charge on any atom is -0.424 e. The van der Waals surface area contributed by atoms with E-state index in [0.29, 0.717) is 0 Å². The molecule has 0 saturated heterocycles. The summed E-state index contributed by atoms with van der Waals surface area (Å²) >= 11 is 0. The van der Waals surface area contributed by atoms with Crippen molar-refractivity contribution in [3.8, 4) is 0 Å². The standard InChI is InChI=1S/C8H13BN2O2/c1-2-5-11-7-8(6-10-11)3-4-9(12)13/h3-4,6-7,12-13H,2,5H2,1H3/b4-3+. The van der Waals surface area contributed by atoms with Crippen molar-refractivity contribution in [2.45, 2.75) is 19.9 Å². The predicted molar refractivity (Wildman–Crippen MR) is 51.7 cm³/mol. The molecule has 13 heavy (non-hydrogen) atoms. The molecule has 0 amide bonds. The molecule has 0 spiro atoms. The Labute approximate surface area is 77.7 Å². The molecule has 0 unspecified atom stereocenters. The Morgan fingerprint density at radius 1 is 1.62 bits per heavy atom. The Kier molecular flexibility index (Phi) is 3.73. The first-order valence-electron chi connectivity index (χ1n) is 4.29. The van der Waals surface area contributed by atoms with Crippen molar-refractivity contribution >= 4 is 13.2 Å². The number of hydrogen-bond donors (Lipinski definition) is 2. The molecule has 0 aliphatic rings. The van der Waals surface area contributed by atoms with Gasteiger partial charge in [0.1, 0.15) is 0 Å². The molecule has 1 aromatic rings. The first kappa shape index (κ1) is 10.0. The van der Waals surface area contributed by atoms with Gasteiger partial charge in [-0.1, -0.05) is 19.0 Å². The topological polar surface area (TPSA) is 58.3 Å². The molecule has 0 radical (unpaired) electrons. The Bertz CT molecular complexity index is 283. The minimum atomic E-state index is -1.39. The monoisotopic (exact) mass is 180 g/mol. The molecule has 1 heterocycles. The van der Waals surface area contributed by atoms with Crippen LogP contribution in [0.15, 0.2) is 18.4 Å². The fourth-order valence-corrected chi connectivity index (χ4v) is 1.01. The summed E-state index contributed by atoms with van der Waals surface area (Å²) in [6.07, 6.45) is 6.22. The Hall–Kier alpha value is -1.07. The summed E-state index contributed by atoms with van der Waals surface area (Å²) in [6, 6.07) is 0. The molecular formula is C8H13BN2O2. The third-order valence-corrected chi connectivity index (χ3v) is 1.57. The fourth-order valence-electron chi connectivity index (χ4n) is 1.01. The number of rotatable bonds is 4. The van der Waals surface area contributed by atoms with E-state index in [1.165, 1.54) is 5.98 Å². The zero-order valence-corrected chi connectivity index (χ0v) is 7.59. The lowest BCUT2D eigenvalue weighted by Crippen LogP contribution is -2.05. The summed E-state index contributed by atoms with van der Waals surface area (Å²) in [7, 11) is -1.39. The first-order valence-corrected chi connectivity index (χ1v) is 4.29. The van der Waals surface area contributed by atoms with Crippen molar-refractivity contribution in [3.63, 3.8) is 0 Å². The summed E-state index contributed by atoms with van der Waals surface area (Å²) in [4.78, 5) is 0. The molecular weight excluding hydrogens is 167 g/mol. The lowest BCUT2D eigenvalue weighted by Gasteiger charge is -1.93. The van der Waals surface area contributed by atoms with E-state index < -0.39 is 7.12 Å². The maximum Gasteiger partial charge on any atom is 0.480 e. The van der Waals surface area contributed by atoms with E-state index in [0.717, 1.165) is 18.5 Å². The maximum atomic E-state index is 8.57. The van der Waals surface area contributed by atoms with E-state index >= 15 is 0 Å². The van der Waals surface area contributed by atoms with Gasteiger partial charge in [0.25, 0.3) is 0 Å². The maximum absolute atomic E-state index is 8.57. The van der Waals surface area contributed by atoms with Gasteiger partial charge in [-0.15, -0.1) is 0 Å². The number of aryl methyl sites for hydroxylation is 1. The average molecular weight is 180 g/mol. The van der Waals surface area contributed by atoms with E-state index in [2.05, 4.69) is 12.0 Å². The Morgan fingerprint density at radius 3 is 3.00 bits per heavy atom. The van der Waals surface area contributed by atoms with E-state index in [4.69, 9.17) is 10.0 Å². The lowest BCUT2D eigenvalue weighted by molar-refractivity contribution is 0.424. The van der Waals surface area contributed by atoms with Gasteiger partial charge in [-0.2, -0.15) is 5.10 Å². The smallest absolute Gasteiger partial charge is 0.424 e. The SMILES string of the molecule is CCCn1cc(/C=C/B(O)O)cn1. The molecule has 0 atom stereocenters. The van der Waals surface area contributed by atoms with Crippen LogP contribution in [-0.4, -0.2) is 26.9 Å². The third-order valence-electron chi connectivity index (χ3n) is 1.57. The average Bonchev–Trinajstić information content (AvgIpc) is 2.50. The van der Waals surface area contributed by atoms with Gasteiger partial charge in [0, 0.05) is 18.3 Å². The van der Waals surface area contributed by atoms with Crippen LogP contribution in [0.25, 0.3) is 6.08 Å². The molecule has 0 aliphatic carbocycles. The quantitative estimate of drug-likeness (QED) is 0.656. The van der Waals surface area contributed by atoms with E-state index in [9.17, 15) is 0 Å². The van der Waals surface area contributed by atoms with Gasteiger partial charge < -0.3 is 10.0 Å². The second-order valence-electron chi connectivity index (χ2n) is 2.81. The molecule has 70 valence electrons. The van der Waals surface area contributed by atoms with Crippen molar-refractivity contribution in [1.82, 2.24) is 9.78 Å². The second-order valence-corrected chi connectivity index (χ2v) is 2.81. The second kappa shape index (κ2) is 4.84. The van der Waals surface area contributed by atoms with Crippen molar-refractivity contribution in [2.24, 2.45) is 0 Å². The molecule has 0 aromatic carbocycles. The van der Waals surface area contributed by atoms with Crippen molar-refractivity contribution in [2.75, 3.05) is 0 Å². The summed E-state index contributed by atoms with van der Waals surface area (Å²) < 4.78 is 1.82. The fraction of sp³-hybridized carbons (Fsp3) is 0.375. The highest BCUT2D eigenvalue weighted by Crippen LogP contribution is 2.01. The van der Waals surface area contributed by atoms with Gasteiger partial charge in [-0.25, -0.2) is 0 Å². The molecule has 0 bridgehead atoms. The largest absolute Gasteiger partial charge is 0.480 e. The lowest BCUT2D eigenvalue weighted by atomic mass is 9.91. The van der Waals surface area contributed by atoms with Gasteiger partial charge in [0.2, 0.25) is 0 Å². The van der Waals surface area contributed by atoms with Crippen LogP contribution in [0.2, 0.25) is 0 Å². The van der Waals surface area contributed by atoms with Gasteiger partial charge >= 0.3 is 7.12 Å². The highest BCUT2D eigenvalue weighted by atomic mass is 16.4. The van der Waals surface area contributed by atoms with E-state index in [1.54, 1.807) is 12.3 Å². The van der Waals surface area contributed by atoms with Gasteiger partial charge in [0.05, 0.1) is 6.20 Å².